The number of rotatable bonds is 3. The Morgan fingerprint density at radius 1 is 1.33 bits per heavy atom. The molecule has 0 saturated heterocycles. The zero-order chi connectivity index (χ0) is 7.49. The molecule has 0 unspecified atom stereocenters. The molecule has 0 amide bonds. The quantitative estimate of drug-likeness (QED) is 0.600. The van der Waals surface area contributed by atoms with Crippen molar-refractivity contribution >= 4 is 0 Å². The molecule has 2 nitrogen and oxygen atoms in total. The summed E-state index contributed by atoms with van der Waals surface area (Å²) in [5.41, 5.74) is 0.240. The molecule has 1 N–H and O–H groups in total. The lowest BCUT2D eigenvalue weighted by atomic mass is 10.1. The minimum Gasteiger partial charge on any atom is -0.314 e. The number of nitrogens with one attached hydrogen (secondary N) is 1. The third-order valence-corrected chi connectivity index (χ3v) is 1.39. The van der Waals surface area contributed by atoms with Gasteiger partial charge in [0.1, 0.15) is 0 Å². The Kier molecular flexibility index (Phi) is 3.15. The summed E-state index contributed by atoms with van der Waals surface area (Å²) in [5, 5.41) is 3.23. The second-order valence-corrected chi connectivity index (χ2v) is 3.37. The van der Waals surface area contributed by atoms with Gasteiger partial charge in [-0.05, 0) is 35.0 Å². The molecule has 0 aromatic heterocycles. The van der Waals surface area contributed by atoms with Crippen molar-refractivity contribution in [3.63, 3.8) is 0 Å². The maximum Gasteiger partial charge on any atom is 0.0249 e. The molecule has 0 aromatic carbocycles. The van der Waals surface area contributed by atoms with Crippen LogP contribution in [0.3, 0.4) is 0 Å². The van der Waals surface area contributed by atoms with E-state index in [-0.39, 0.29) is 5.54 Å². The van der Waals surface area contributed by atoms with Crippen LogP contribution in [0.1, 0.15) is 13.8 Å². The molecular weight excluding hydrogens is 112 g/mol. The molecule has 0 heterocycles. The summed E-state index contributed by atoms with van der Waals surface area (Å²) in [6.07, 6.45) is 0. The predicted octanol–water partition coefficient (Wildman–Crippen LogP) is 0.546. The van der Waals surface area contributed by atoms with Crippen LogP contribution in [0.4, 0.5) is 0 Å². The van der Waals surface area contributed by atoms with Gasteiger partial charge in [0.05, 0.1) is 0 Å². The Hall–Kier alpha value is -0.0800. The van der Waals surface area contributed by atoms with E-state index < -0.39 is 0 Å². The third kappa shape index (κ3) is 4.43. The Morgan fingerprint density at radius 3 is 1.89 bits per heavy atom. The molecule has 9 heavy (non-hydrogen) atoms. The molecule has 0 aliphatic carbocycles. The Labute approximate surface area is 58.2 Å². The van der Waals surface area contributed by atoms with Gasteiger partial charge in [-0.15, -0.1) is 0 Å². The standard InChI is InChI=1S/C7H18N2/c1-7(2,8-3)6-9(4)5/h8H,6H2,1-5H3. The van der Waals surface area contributed by atoms with Crippen LogP contribution in [0.25, 0.3) is 0 Å². The van der Waals surface area contributed by atoms with Crippen LogP contribution in [0.2, 0.25) is 0 Å². The first-order chi connectivity index (χ1) is 3.98. The molecule has 0 bridgehead atoms. The van der Waals surface area contributed by atoms with Crippen molar-refractivity contribution < 1.29 is 0 Å². The second-order valence-electron chi connectivity index (χ2n) is 3.37. The van der Waals surface area contributed by atoms with Crippen molar-refractivity contribution in [2.45, 2.75) is 19.4 Å². The topological polar surface area (TPSA) is 15.3 Å². The van der Waals surface area contributed by atoms with Crippen molar-refractivity contribution in [1.29, 1.82) is 0 Å². The maximum absolute atomic E-state index is 3.23. The number of likely N-dealkylation sites (N-methyl/N-ethyl adjacent to an activating group) is 2. The van der Waals surface area contributed by atoms with E-state index in [1.165, 1.54) is 0 Å². The highest BCUT2D eigenvalue weighted by atomic mass is 15.1. The van der Waals surface area contributed by atoms with Gasteiger partial charge in [-0.2, -0.15) is 0 Å². The molecule has 0 spiro atoms. The van der Waals surface area contributed by atoms with Gasteiger partial charge in [-0.1, -0.05) is 0 Å². The molecule has 0 atom stereocenters. The van der Waals surface area contributed by atoms with Crippen LogP contribution >= 0.6 is 0 Å². The van der Waals surface area contributed by atoms with E-state index in [4.69, 9.17) is 0 Å². The first-order valence-electron chi connectivity index (χ1n) is 3.31. The lowest BCUT2D eigenvalue weighted by Gasteiger charge is -2.27. The molecule has 0 aromatic rings. The first-order valence-corrected chi connectivity index (χ1v) is 3.31. The van der Waals surface area contributed by atoms with Gasteiger partial charge in [0.25, 0.3) is 0 Å². The SMILES string of the molecule is CNC(C)(C)CN(C)C. The van der Waals surface area contributed by atoms with Crippen molar-refractivity contribution in [3.05, 3.63) is 0 Å². The molecule has 0 aliphatic rings. The Balaban J connectivity index is 3.58. The van der Waals surface area contributed by atoms with E-state index in [0.29, 0.717) is 0 Å². The summed E-state index contributed by atoms with van der Waals surface area (Å²) in [5.74, 6) is 0. The van der Waals surface area contributed by atoms with Crippen LogP contribution < -0.4 is 5.32 Å². The summed E-state index contributed by atoms with van der Waals surface area (Å²) in [4.78, 5) is 2.18. The van der Waals surface area contributed by atoms with Gasteiger partial charge in [0, 0.05) is 12.1 Å². The first kappa shape index (κ1) is 8.92. The normalized spacial score (nSPS) is 12.7. The van der Waals surface area contributed by atoms with Crippen LogP contribution in [0.15, 0.2) is 0 Å². The number of hydrogen-bond acceptors (Lipinski definition) is 2. The maximum atomic E-state index is 3.23. The van der Waals surface area contributed by atoms with E-state index >= 15 is 0 Å². The summed E-state index contributed by atoms with van der Waals surface area (Å²) in [6.45, 7) is 5.45. The number of hydrogen-bond donors (Lipinski definition) is 1. The zero-order valence-electron chi connectivity index (χ0n) is 7.15. The van der Waals surface area contributed by atoms with Gasteiger partial charge in [0.15, 0.2) is 0 Å². The Morgan fingerprint density at radius 2 is 1.78 bits per heavy atom. The highest BCUT2D eigenvalue weighted by molar-refractivity contribution is 4.77. The minimum atomic E-state index is 0.240. The summed E-state index contributed by atoms with van der Waals surface area (Å²) in [6, 6.07) is 0. The van der Waals surface area contributed by atoms with Crippen LogP contribution in [-0.2, 0) is 0 Å². The molecule has 0 rings (SSSR count). The molecule has 0 saturated carbocycles. The van der Waals surface area contributed by atoms with Gasteiger partial charge in [0.2, 0.25) is 0 Å². The van der Waals surface area contributed by atoms with Crippen molar-refractivity contribution in [1.82, 2.24) is 10.2 Å². The second kappa shape index (κ2) is 3.18. The molecule has 0 aliphatic heterocycles. The zero-order valence-corrected chi connectivity index (χ0v) is 7.15. The molecule has 0 fully saturated rings. The predicted molar refractivity (Wildman–Crippen MR) is 41.7 cm³/mol. The fourth-order valence-corrected chi connectivity index (χ4v) is 0.870. The molecular formula is C7H18N2. The summed E-state index contributed by atoms with van der Waals surface area (Å²) >= 11 is 0. The highest BCUT2D eigenvalue weighted by Gasteiger charge is 2.14. The van der Waals surface area contributed by atoms with Crippen LogP contribution in [0.5, 0.6) is 0 Å². The molecule has 2 heteroatoms. The van der Waals surface area contributed by atoms with Crippen LogP contribution in [0, 0.1) is 0 Å². The Bertz CT molecular complexity index is 77.0. The smallest absolute Gasteiger partial charge is 0.0249 e. The van der Waals surface area contributed by atoms with Crippen LogP contribution in [-0.4, -0.2) is 38.1 Å². The number of nitrogens with zero attached hydrogens (tertiary/aromatic N) is 1. The molecule has 0 radical (unpaired) electrons. The van der Waals surface area contributed by atoms with Crippen molar-refractivity contribution in [2.75, 3.05) is 27.7 Å². The molecule has 56 valence electrons. The van der Waals surface area contributed by atoms with Gasteiger partial charge in [-0.3, -0.25) is 0 Å². The largest absolute Gasteiger partial charge is 0.314 e. The third-order valence-electron chi connectivity index (χ3n) is 1.39. The summed E-state index contributed by atoms with van der Waals surface area (Å²) < 4.78 is 0. The van der Waals surface area contributed by atoms with E-state index in [1.807, 2.05) is 7.05 Å². The van der Waals surface area contributed by atoms with E-state index in [0.717, 1.165) is 6.54 Å². The fraction of sp³-hybridized carbons (Fsp3) is 1.00. The monoisotopic (exact) mass is 130 g/mol. The van der Waals surface area contributed by atoms with E-state index in [9.17, 15) is 0 Å². The van der Waals surface area contributed by atoms with Gasteiger partial charge in [-0.25, -0.2) is 0 Å². The lowest BCUT2D eigenvalue weighted by Crippen LogP contribution is -2.45. The van der Waals surface area contributed by atoms with Crippen molar-refractivity contribution in [2.24, 2.45) is 0 Å². The lowest BCUT2D eigenvalue weighted by molar-refractivity contribution is 0.282. The van der Waals surface area contributed by atoms with Gasteiger partial charge >= 0.3 is 0 Å². The van der Waals surface area contributed by atoms with E-state index in [2.05, 4.69) is 38.2 Å². The van der Waals surface area contributed by atoms with E-state index in [1.54, 1.807) is 0 Å². The highest BCUT2D eigenvalue weighted by Crippen LogP contribution is 2.00. The summed E-state index contributed by atoms with van der Waals surface area (Å²) in [7, 11) is 6.15. The van der Waals surface area contributed by atoms with Crippen molar-refractivity contribution in [3.8, 4) is 0 Å². The fourth-order valence-electron chi connectivity index (χ4n) is 0.870. The average Bonchev–Trinajstić information content (AvgIpc) is 1.63. The van der Waals surface area contributed by atoms with Gasteiger partial charge < -0.3 is 10.2 Å². The minimum absolute atomic E-state index is 0.240. The average molecular weight is 130 g/mol.